The van der Waals surface area contributed by atoms with Gasteiger partial charge in [0.15, 0.2) is 0 Å². The van der Waals surface area contributed by atoms with E-state index in [1.54, 1.807) is 11.1 Å². The van der Waals surface area contributed by atoms with Gasteiger partial charge in [-0.1, -0.05) is 37.5 Å². The molecule has 2 aliphatic carbocycles. The van der Waals surface area contributed by atoms with Crippen LogP contribution in [-0.4, -0.2) is 0 Å². The lowest BCUT2D eigenvalue weighted by atomic mass is 9.76. The molecule has 0 unspecified atom stereocenters. The van der Waals surface area contributed by atoms with Crippen molar-refractivity contribution < 1.29 is 0 Å². The highest BCUT2D eigenvalue weighted by molar-refractivity contribution is 5.37. The minimum absolute atomic E-state index is 0.581. The molecule has 0 nitrogen and oxygen atoms in total. The average Bonchev–Trinajstić information content (AvgIpc) is 2.73. The van der Waals surface area contributed by atoms with E-state index in [0.29, 0.717) is 5.41 Å². The first kappa shape index (κ1) is 9.05. The van der Waals surface area contributed by atoms with Crippen LogP contribution in [0.25, 0.3) is 0 Å². The van der Waals surface area contributed by atoms with E-state index in [1.807, 2.05) is 0 Å². The van der Waals surface area contributed by atoms with Crippen molar-refractivity contribution >= 4 is 0 Å². The van der Waals surface area contributed by atoms with Gasteiger partial charge < -0.3 is 0 Å². The van der Waals surface area contributed by atoms with Gasteiger partial charge >= 0.3 is 0 Å². The van der Waals surface area contributed by atoms with Gasteiger partial charge in [0.2, 0.25) is 0 Å². The van der Waals surface area contributed by atoms with Gasteiger partial charge in [0.1, 0.15) is 0 Å². The van der Waals surface area contributed by atoms with Crippen LogP contribution in [0.3, 0.4) is 0 Å². The molecule has 13 heavy (non-hydrogen) atoms. The van der Waals surface area contributed by atoms with E-state index in [-0.39, 0.29) is 0 Å². The maximum Gasteiger partial charge on any atom is -0.00526 e. The molecule has 2 rings (SSSR count). The van der Waals surface area contributed by atoms with Gasteiger partial charge in [0, 0.05) is 0 Å². The molecule has 0 saturated heterocycles. The Labute approximate surface area is 81.7 Å². The quantitative estimate of drug-likeness (QED) is 0.590. The van der Waals surface area contributed by atoms with Crippen LogP contribution in [0, 0.1) is 5.41 Å². The SMILES string of the molecule is CCC1(C2=CCC(C)=C2)CCCC1. The molecule has 0 N–H and O–H groups in total. The van der Waals surface area contributed by atoms with Crippen LogP contribution in [0.5, 0.6) is 0 Å². The molecule has 0 aromatic carbocycles. The standard InChI is InChI=1S/C13H20/c1-3-13(8-4-5-9-13)12-7-6-11(2)10-12/h7,10H,3-6,8-9H2,1-2H3. The number of hydrogen-bond donors (Lipinski definition) is 0. The first-order valence-corrected chi connectivity index (χ1v) is 5.65. The normalized spacial score (nSPS) is 26.0. The Morgan fingerprint density at radius 3 is 2.46 bits per heavy atom. The van der Waals surface area contributed by atoms with Crippen LogP contribution in [0.4, 0.5) is 0 Å². The number of rotatable bonds is 2. The fraction of sp³-hybridized carbons (Fsp3) is 0.692. The van der Waals surface area contributed by atoms with Gasteiger partial charge in [-0.3, -0.25) is 0 Å². The Morgan fingerprint density at radius 2 is 2.00 bits per heavy atom. The molecule has 0 heteroatoms. The van der Waals surface area contributed by atoms with Crippen LogP contribution < -0.4 is 0 Å². The van der Waals surface area contributed by atoms with Crippen molar-refractivity contribution in [2.75, 3.05) is 0 Å². The Balaban J connectivity index is 2.22. The first-order chi connectivity index (χ1) is 6.27. The minimum atomic E-state index is 0.581. The summed E-state index contributed by atoms with van der Waals surface area (Å²) in [5.74, 6) is 0. The van der Waals surface area contributed by atoms with Gasteiger partial charge in [0.05, 0.1) is 0 Å². The molecular weight excluding hydrogens is 156 g/mol. The largest absolute Gasteiger partial charge is 0.0767 e. The highest BCUT2D eigenvalue weighted by Gasteiger charge is 2.35. The Hall–Kier alpha value is -0.520. The molecule has 0 atom stereocenters. The van der Waals surface area contributed by atoms with Crippen molar-refractivity contribution in [3.05, 3.63) is 23.3 Å². The lowest BCUT2D eigenvalue weighted by molar-refractivity contribution is 0.362. The summed E-state index contributed by atoms with van der Waals surface area (Å²) in [6.45, 7) is 4.61. The Morgan fingerprint density at radius 1 is 1.31 bits per heavy atom. The molecule has 0 aromatic rings. The predicted octanol–water partition coefficient (Wildman–Crippen LogP) is 4.23. The third-order valence-corrected chi connectivity index (χ3v) is 3.90. The third-order valence-electron chi connectivity index (χ3n) is 3.90. The molecule has 0 radical (unpaired) electrons. The highest BCUT2D eigenvalue weighted by Crippen LogP contribution is 2.49. The molecule has 1 saturated carbocycles. The number of allylic oxidation sites excluding steroid dienone is 4. The molecule has 0 spiro atoms. The number of hydrogen-bond acceptors (Lipinski definition) is 0. The summed E-state index contributed by atoms with van der Waals surface area (Å²) in [4.78, 5) is 0. The van der Waals surface area contributed by atoms with Gasteiger partial charge in [0.25, 0.3) is 0 Å². The molecule has 1 fully saturated rings. The zero-order valence-corrected chi connectivity index (χ0v) is 8.90. The monoisotopic (exact) mass is 176 g/mol. The van der Waals surface area contributed by atoms with Gasteiger partial charge in [-0.25, -0.2) is 0 Å². The van der Waals surface area contributed by atoms with Crippen LogP contribution in [0.2, 0.25) is 0 Å². The zero-order valence-electron chi connectivity index (χ0n) is 8.90. The van der Waals surface area contributed by atoms with E-state index in [1.165, 1.54) is 38.5 Å². The summed E-state index contributed by atoms with van der Waals surface area (Å²) in [7, 11) is 0. The molecule has 0 bridgehead atoms. The maximum absolute atomic E-state index is 2.46. The Kier molecular flexibility index (Phi) is 2.31. The van der Waals surface area contributed by atoms with E-state index >= 15 is 0 Å². The van der Waals surface area contributed by atoms with Gasteiger partial charge in [-0.2, -0.15) is 0 Å². The summed E-state index contributed by atoms with van der Waals surface area (Å²) in [5, 5.41) is 0. The van der Waals surface area contributed by atoms with Crippen LogP contribution in [-0.2, 0) is 0 Å². The topological polar surface area (TPSA) is 0 Å². The smallest absolute Gasteiger partial charge is 0.00526 e. The maximum atomic E-state index is 2.46. The second-order valence-electron chi connectivity index (χ2n) is 4.70. The summed E-state index contributed by atoms with van der Waals surface area (Å²) >= 11 is 0. The molecule has 2 aliphatic rings. The fourth-order valence-corrected chi connectivity index (χ4v) is 2.92. The minimum Gasteiger partial charge on any atom is -0.0767 e. The van der Waals surface area contributed by atoms with Gasteiger partial charge in [-0.05, 0) is 43.6 Å². The second-order valence-corrected chi connectivity index (χ2v) is 4.70. The molecule has 0 aromatic heterocycles. The fourth-order valence-electron chi connectivity index (χ4n) is 2.92. The zero-order chi connectivity index (χ0) is 9.31. The van der Waals surface area contributed by atoms with Crippen molar-refractivity contribution in [1.29, 1.82) is 0 Å². The van der Waals surface area contributed by atoms with Gasteiger partial charge in [-0.15, -0.1) is 0 Å². The van der Waals surface area contributed by atoms with Crippen LogP contribution >= 0.6 is 0 Å². The first-order valence-electron chi connectivity index (χ1n) is 5.65. The van der Waals surface area contributed by atoms with Crippen LogP contribution in [0.15, 0.2) is 23.3 Å². The van der Waals surface area contributed by atoms with E-state index in [2.05, 4.69) is 26.0 Å². The lowest BCUT2D eigenvalue weighted by Gasteiger charge is -2.28. The van der Waals surface area contributed by atoms with E-state index in [4.69, 9.17) is 0 Å². The third kappa shape index (κ3) is 1.47. The van der Waals surface area contributed by atoms with E-state index < -0.39 is 0 Å². The van der Waals surface area contributed by atoms with Crippen LogP contribution in [0.1, 0.15) is 52.4 Å². The van der Waals surface area contributed by atoms with Crippen molar-refractivity contribution in [3.63, 3.8) is 0 Å². The molecular formula is C13H20. The van der Waals surface area contributed by atoms with Crippen molar-refractivity contribution in [3.8, 4) is 0 Å². The summed E-state index contributed by atoms with van der Waals surface area (Å²) in [5.41, 5.74) is 3.79. The summed E-state index contributed by atoms with van der Waals surface area (Å²) in [6.07, 6.45) is 13.2. The average molecular weight is 176 g/mol. The predicted molar refractivity (Wildman–Crippen MR) is 57.6 cm³/mol. The second kappa shape index (κ2) is 3.32. The summed E-state index contributed by atoms with van der Waals surface area (Å²) in [6, 6.07) is 0. The van der Waals surface area contributed by atoms with E-state index in [0.717, 1.165) is 0 Å². The van der Waals surface area contributed by atoms with Crippen molar-refractivity contribution in [2.45, 2.75) is 52.4 Å². The lowest BCUT2D eigenvalue weighted by Crippen LogP contribution is -2.16. The summed E-state index contributed by atoms with van der Waals surface area (Å²) < 4.78 is 0. The van der Waals surface area contributed by atoms with Crippen molar-refractivity contribution in [2.24, 2.45) is 5.41 Å². The molecule has 72 valence electrons. The molecule has 0 heterocycles. The highest BCUT2D eigenvalue weighted by atomic mass is 14.4. The Bertz CT molecular complexity index is 249. The molecule has 0 aliphatic heterocycles. The van der Waals surface area contributed by atoms with Crippen molar-refractivity contribution in [1.82, 2.24) is 0 Å². The molecule has 0 amide bonds. The van der Waals surface area contributed by atoms with E-state index in [9.17, 15) is 0 Å².